The maximum absolute atomic E-state index is 5.78. The summed E-state index contributed by atoms with van der Waals surface area (Å²) in [6.45, 7) is 16.7. The Morgan fingerprint density at radius 2 is 1.87 bits per heavy atom. The first kappa shape index (κ1) is 14.2. The molecule has 0 heterocycles. The van der Waals surface area contributed by atoms with Crippen molar-refractivity contribution in [1.29, 1.82) is 0 Å². The van der Waals surface area contributed by atoms with E-state index in [0.29, 0.717) is 6.61 Å². The molecule has 86 valence electrons. The molecule has 0 radical (unpaired) electrons. The Morgan fingerprint density at radius 3 is 2.33 bits per heavy atom. The van der Waals surface area contributed by atoms with E-state index in [1.807, 2.05) is 19.1 Å². The summed E-state index contributed by atoms with van der Waals surface area (Å²) in [7, 11) is 0. The van der Waals surface area contributed by atoms with Gasteiger partial charge in [0, 0.05) is 0 Å². The van der Waals surface area contributed by atoms with E-state index in [-0.39, 0.29) is 5.60 Å². The lowest BCUT2D eigenvalue weighted by Gasteiger charge is -2.24. The van der Waals surface area contributed by atoms with Crippen molar-refractivity contribution in [3.05, 3.63) is 36.5 Å². The second-order valence-corrected chi connectivity index (χ2v) is 4.64. The predicted molar refractivity (Wildman–Crippen MR) is 68.0 cm³/mol. The van der Waals surface area contributed by atoms with Crippen molar-refractivity contribution in [1.82, 2.24) is 0 Å². The Balaban J connectivity index is 3.95. The van der Waals surface area contributed by atoms with Crippen LogP contribution in [-0.2, 0) is 4.74 Å². The normalized spacial score (nSPS) is 12.0. The van der Waals surface area contributed by atoms with Crippen molar-refractivity contribution in [2.75, 3.05) is 6.61 Å². The van der Waals surface area contributed by atoms with Crippen LogP contribution in [0.3, 0.4) is 0 Å². The lowest BCUT2D eigenvalue weighted by atomic mass is 10.0. The van der Waals surface area contributed by atoms with E-state index in [9.17, 15) is 0 Å². The minimum atomic E-state index is -0.0469. The van der Waals surface area contributed by atoms with Crippen molar-refractivity contribution < 1.29 is 4.74 Å². The average molecular weight is 208 g/mol. The first-order valence-corrected chi connectivity index (χ1v) is 5.52. The summed E-state index contributed by atoms with van der Waals surface area (Å²) >= 11 is 0. The van der Waals surface area contributed by atoms with Gasteiger partial charge in [0.05, 0.1) is 12.2 Å². The third kappa shape index (κ3) is 8.19. The summed E-state index contributed by atoms with van der Waals surface area (Å²) in [4.78, 5) is 0. The third-order valence-corrected chi connectivity index (χ3v) is 2.10. The molecule has 0 aliphatic rings. The highest BCUT2D eigenvalue weighted by molar-refractivity contribution is 5.23. The molecule has 0 spiro atoms. The zero-order chi connectivity index (χ0) is 11.9. The second kappa shape index (κ2) is 6.62. The van der Waals surface area contributed by atoms with Crippen LogP contribution in [0.4, 0.5) is 0 Å². The predicted octanol–water partition coefficient (Wildman–Crippen LogP) is 4.27. The highest BCUT2D eigenvalue weighted by atomic mass is 16.5. The Labute approximate surface area is 94.5 Å². The van der Waals surface area contributed by atoms with Crippen LogP contribution in [0.15, 0.2) is 36.5 Å². The summed E-state index contributed by atoms with van der Waals surface area (Å²) in [5.41, 5.74) is 1.97. The molecule has 0 N–H and O–H groups in total. The molecule has 0 aromatic heterocycles. The van der Waals surface area contributed by atoms with Gasteiger partial charge in [0.15, 0.2) is 0 Å². The second-order valence-electron chi connectivity index (χ2n) is 4.64. The van der Waals surface area contributed by atoms with Crippen molar-refractivity contribution in [2.24, 2.45) is 0 Å². The Morgan fingerprint density at radius 1 is 1.27 bits per heavy atom. The fourth-order valence-electron chi connectivity index (χ4n) is 1.27. The molecule has 1 nitrogen and oxygen atoms in total. The molecule has 15 heavy (non-hydrogen) atoms. The number of rotatable bonds is 7. The average Bonchev–Trinajstić information content (AvgIpc) is 2.11. The number of ether oxygens (including phenoxy) is 1. The van der Waals surface area contributed by atoms with Gasteiger partial charge in [0.2, 0.25) is 0 Å². The van der Waals surface area contributed by atoms with Gasteiger partial charge in [-0.2, -0.15) is 0 Å². The van der Waals surface area contributed by atoms with Crippen molar-refractivity contribution in [3.8, 4) is 0 Å². The van der Waals surface area contributed by atoms with Crippen LogP contribution < -0.4 is 0 Å². The first-order valence-electron chi connectivity index (χ1n) is 5.52. The molecule has 0 rings (SSSR count). The van der Waals surface area contributed by atoms with Gasteiger partial charge in [-0.1, -0.05) is 44.2 Å². The molecule has 0 atom stereocenters. The van der Waals surface area contributed by atoms with Gasteiger partial charge in [-0.15, -0.1) is 0 Å². The number of allylic oxidation sites excluding steroid dienone is 2. The molecule has 0 fully saturated rings. The van der Waals surface area contributed by atoms with E-state index in [0.717, 1.165) is 24.0 Å². The maximum Gasteiger partial charge on any atom is 0.0718 e. The summed E-state index contributed by atoms with van der Waals surface area (Å²) in [5, 5.41) is 0. The topological polar surface area (TPSA) is 9.23 Å². The highest BCUT2D eigenvalue weighted by Gasteiger charge is 2.16. The van der Waals surface area contributed by atoms with Gasteiger partial charge in [-0.3, -0.25) is 0 Å². The quantitative estimate of drug-likeness (QED) is 0.568. The SMILES string of the molecule is C=C(C)/C=C\C(=C)COC(C)(C)CCC. The molecule has 0 aromatic carbocycles. The van der Waals surface area contributed by atoms with Gasteiger partial charge in [0.25, 0.3) is 0 Å². The number of hydrogen-bond donors (Lipinski definition) is 0. The van der Waals surface area contributed by atoms with Crippen molar-refractivity contribution in [2.45, 2.75) is 46.1 Å². The lowest BCUT2D eigenvalue weighted by molar-refractivity contribution is -0.0100. The molecule has 0 saturated carbocycles. The largest absolute Gasteiger partial charge is 0.371 e. The molecular weight excluding hydrogens is 184 g/mol. The maximum atomic E-state index is 5.78. The van der Waals surface area contributed by atoms with Gasteiger partial charge >= 0.3 is 0 Å². The van der Waals surface area contributed by atoms with Crippen LogP contribution >= 0.6 is 0 Å². The third-order valence-electron chi connectivity index (χ3n) is 2.10. The van der Waals surface area contributed by atoms with Crippen LogP contribution in [0.5, 0.6) is 0 Å². The minimum Gasteiger partial charge on any atom is -0.371 e. The molecule has 0 bridgehead atoms. The summed E-state index contributed by atoms with van der Waals surface area (Å²) in [6, 6.07) is 0. The molecule has 0 amide bonds. The molecular formula is C14H24O. The minimum absolute atomic E-state index is 0.0469. The number of hydrogen-bond acceptors (Lipinski definition) is 1. The monoisotopic (exact) mass is 208 g/mol. The van der Waals surface area contributed by atoms with Gasteiger partial charge in [-0.25, -0.2) is 0 Å². The molecule has 1 heteroatoms. The summed E-state index contributed by atoms with van der Waals surface area (Å²) in [5.74, 6) is 0. The van der Waals surface area contributed by atoms with Gasteiger partial charge in [0.1, 0.15) is 0 Å². The van der Waals surface area contributed by atoms with Crippen LogP contribution in [-0.4, -0.2) is 12.2 Å². The van der Waals surface area contributed by atoms with Crippen LogP contribution in [0.25, 0.3) is 0 Å². The van der Waals surface area contributed by atoms with Gasteiger partial charge in [-0.05, 0) is 32.8 Å². The molecule has 0 aromatic rings. The molecule has 0 saturated heterocycles. The van der Waals surface area contributed by atoms with Crippen molar-refractivity contribution >= 4 is 0 Å². The van der Waals surface area contributed by atoms with E-state index >= 15 is 0 Å². The first-order chi connectivity index (χ1) is 6.87. The van der Waals surface area contributed by atoms with Crippen LogP contribution in [0.2, 0.25) is 0 Å². The molecule has 0 unspecified atom stereocenters. The zero-order valence-corrected chi connectivity index (χ0v) is 10.6. The standard InChI is InChI=1S/C14H24O/c1-7-10-14(5,6)15-11-13(4)9-8-12(2)3/h8-9H,2,4,7,10-11H2,1,3,5-6H3/b9-8-. The Kier molecular flexibility index (Phi) is 6.26. The van der Waals surface area contributed by atoms with E-state index < -0.39 is 0 Å². The van der Waals surface area contributed by atoms with Crippen LogP contribution in [0.1, 0.15) is 40.5 Å². The van der Waals surface area contributed by atoms with Crippen LogP contribution in [0, 0.1) is 0 Å². The molecule has 0 aliphatic heterocycles. The van der Waals surface area contributed by atoms with E-state index in [2.05, 4.69) is 33.9 Å². The van der Waals surface area contributed by atoms with E-state index in [1.165, 1.54) is 0 Å². The molecule has 0 aliphatic carbocycles. The zero-order valence-electron chi connectivity index (χ0n) is 10.6. The fourth-order valence-corrected chi connectivity index (χ4v) is 1.27. The van der Waals surface area contributed by atoms with Crippen molar-refractivity contribution in [3.63, 3.8) is 0 Å². The fraction of sp³-hybridized carbons (Fsp3) is 0.571. The summed E-state index contributed by atoms with van der Waals surface area (Å²) in [6.07, 6.45) is 6.13. The lowest BCUT2D eigenvalue weighted by Crippen LogP contribution is -2.24. The van der Waals surface area contributed by atoms with E-state index in [1.54, 1.807) is 0 Å². The Hall–Kier alpha value is -0.820. The highest BCUT2D eigenvalue weighted by Crippen LogP contribution is 2.17. The Bertz CT molecular complexity index is 246. The van der Waals surface area contributed by atoms with E-state index in [4.69, 9.17) is 4.74 Å². The smallest absolute Gasteiger partial charge is 0.0718 e. The summed E-state index contributed by atoms with van der Waals surface area (Å²) < 4.78 is 5.78. The van der Waals surface area contributed by atoms with Gasteiger partial charge < -0.3 is 4.74 Å².